The van der Waals surface area contributed by atoms with Crippen molar-refractivity contribution in [3.05, 3.63) is 81.4 Å². The number of ether oxygens (including phenoxy) is 1. The molecule has 0 bridgehead atoms. The Morgan fingerprint density at radius 2 is 1.88 bits per heavy atom. The van der Waals surface area contributed by atoms with E-state index in [9.17, 15) is 9.59 Å². The third kappa shape index (κ3) is 4.69. The topological polar surface area (TPSA) is 66.1 Å². The lowest BCUT2D eigenvalue weighted by Gasteiger charge is -2.19. The van der Waals surface area contributed by atoms with E-state index in [2.05, 4.69) is 0 Å². The zero-order valence-corrected chi connectivity index (χ0v) is 20.9. The van der Waals surface area contributed by atoms with Gasteiger partial charge in [-0.1, -0.05) is 48.9 Å². The summed E-state index contributed by atoms with van der Waals surface area (Å²) in [5, 5.41) is 7.37. The summed E-state index contributed by atoms with van der Waals surface area (Å²) in [6.45, 7) is 3.13. The molecule has 176 valence electrons. The minimum atomic E-state index is -0.236. The Morgan fingerprint density at radius 1 is 1.12 bits per heavy atom. The van der Waals surface area contributed by atoms with Crippen molar-refractivity contribution in [2.45, 2.75) is 31.5 Å². The van der Waals surface area contributed by atoms with Gasteiger partial charge < -0.3 is 4.74 Å². The van der Waals surface area contributed by atoms with Crippen LogP contribution in [0.3, 0.4) is 0 Å². The van der Waals surface area contributed by atoms with Gasteiger partial charge in [-0.05, 0) is 41.5 Å². The van der Waals surface area contributed by atoms with Crippen molar-refractivity contribution in [1.82, 2.24) is 14.3 Å². The molecule has 2 aromatic carbocycles. The molecule has 0 radical (unpaired) electrons. The van der Waals surface area contributed by atoms with Crippen LogP contribution in [0.1, 0.15) is 29.5 Å². The lowest BCUT2D eigenvalue weighted by atomic mass is 9.94. The van der Waals surface area contributed by atoms with E-state index >= 15 is 0 Å². The molecule has 0 aliphatic carbocycles. The highest BCUT2D eigenvalue weighted by atomic mass is 35.5. The number of nitrogens with zero attached hydrogens (tertiary/aromatic N) is 3. The second-order valence-corrected chi connectivity index (χ2v) is 9.10. The first-order valence-electron chi connectivity index (χ1n) is 11.0. The van der Waals surface area contributed by atoms with Gasteiger partial charge in [0.1, 0.15) is 0 Å². The van der Waals surface area contributed by atoms with Crippen LogP contribution < -0.4 is 5.56 Å². The predicted molar refractivity (Wildman–Crippen MR) is 138 cm³/mol. The van der Waals surface area contributed by atoms with E-state index in [0.29, 0.717) is 45.9 Å². The Hall–Kier alpha value is -2.87. The van der Waals surface area contributed by atoms with Crippen LogP contribution in [0.4, 0.5) is 0 Å². The zero-order valence-electron chi connectivity index (χ0n) is 19.4. The van der Waals surface area contributed by atoms with Gasteiger partial charge in [0.25, 0.3) is 5.56 Å². The van der Waals surface area contributed by atoms with Crippen LogP contribution >= 0.6 is 23.4 Å². The molecule has 4 aromatic rings. The molecule has 2 aromatic heterocycles. The molecule has 0 spiro atoms. The van der Waals surface area contributed by atoms with Gasteiger partial charge in [0.05, 0.1) is 36.1 Å². The Labute approximate surface area is 207 Å². The van der Waals surface area contributed by atoms with E-state index in [1.54, 1.807) is 48.6 Å². The first-order valence-corrected chi connectivity index (χ1v) is 12.6. The van der Waals surface area contributed by atoms with Crippen LogP contribution in [-0.2, 0) is 17.8 Å². The maximum absolute atomic E-state index is 13.7. The summed E-state index contributed by atoms with van der Waals surface area (Å²) in [6, 6.07) is 16.8. The number of methoxy groups -OCH3 is 1. The van der Waals surface area contributed by atoms with Crippen LogP contribution in [0.2, 0.25) is 5.02 Å². The molecular formula is C26H26ClN3O3S. The molecule has 34 heavy (non-hydrogen) atoms. The van der Waals surface area contributed by atoms with E-state index in [4.69, 9.17) is 21.4 Å². The number of hydrogen-bond donors (Lipinski definition) is 0. The number of fused-ring (bicyclic) bond motifs is 1. The number of hydrogen-bond acceptors (Lipinski definition) is 5. The molecule has 0 unspecified atom stereocenters. The van der Waals surface area contributed by atoms with Gasteiger partial charge in [-0.2, -0.15) is 5.10 Å². The molecule has 0 aliphatic heterocycles. The Bertz CT molecular complexity index is 1400. The summed E-state index contributed by atoms with van der Waals surface area (Å²) >= 11 is 7.90. The van der Waals surface area contributed by atoms with Crippen molar-refractivity contribution in [3.8, 4) is 11.1 Å². The lowest BCUT2D eigenvalue weighted by Crippen LogP contribution is -2.28. The molecule has 2 heterocycles. The highest BCUT2D eigenvalue weighted by molar-refractivity contribution is 7.98. The fourth-order valence-corrected chi connectivity index (χ4v) is 4.89. The van der Waals surface area contributed by atoms with Gasteiger partial charge in [0.15, 0.2) is 5.78 Å². The Kier molecular flexibility index (Phi) is 7.56. The summed E-state index contributed by atoms with van der Waals surface area (Å²) in [6.07, 6.45) is 2.25. The van der Waals surface area contributed by atoms with E-state index in [1.165, 1.54) is 0 Å². The molecule has 0 fully saturated rings. The second-order valence-electron chi connectivity index (χ2n) is 7.84. The SMILES string of the molecule is CCC(=O)c1c(-c2ccccc2)c2cc(Cl)ccc2c(=O)n1Cc1cc(SC)n(CCOC)n1. The van der Waals surface area contributed by atoms with Gasteiger partial charge >= 0.3 is 0 Å². The molecular weight excluding hydrogens is 470 g/mol. The number of thioether (sulfide) groups is 1. The molecule has 0 amide bonds. The van der Waals surface area contributed by atoms with Gasteiger partial charge in [-0.3, -0.25) is 18.8 Å². The highest BCUT2D eigenvalue weighted by Crippen LogP contribution is 2.33. The van der Waals surface area contributed by atoms with E-state index in [1.807, 2.05) is 47.3 Å². The van der Waals surface area contributed by atoms with E-state index < -0.39 is 0 Å². The van der Waals surface area contributed by atoms with Crippen molar-refractivity contribution in [1.29, 1.82) is 0 Å². The Morgan fingerprint density at radius 3 is 2.56 bits per heavy atom. The van der Waals surface area contributed by atoms with Gasteiger partial charge in [0.2, 0.25) is 0 Å². The average molecular weight is 496 g/mol. The number of carbonyl (C=O) groups is 1. The minimum Gasteiger partial charge on any atom is -0.383 e. The quantitative estimate of drug-likeness (QED) is 0.226. The van der Waals surface area contributed by atoms with Crippen LogP contribution in [0, 0.1) is 0 Å². The maximum Gasteiger partial charge on any atom is 0.259 e. The fraction of sp³-hybridized carbons (Fsp3) is 0.269. The summed E-state index contributed by atoms with van der Waals surface area (Å²) in [7, 11) is 1.65. The van der Waals surface area contributed by atoms with Gasteiger partial charge in [-0.15, -0.1) is 11.8 Å². The van der Waals surface area contributed by atoms with Crippen LogP contribution in [-0.4, -0.2) is 40.1 Å². The molecule has 0 atom stereocenters. The van der Waals surface area contributed by atoms with Crippen molar-refractivity contribution >= 4 is 39.9 Å². The third-order valence-electron chi connectivity index (χ3n) is 5.71. The smallest absolute Gasteiger partial charge is 0.259 e. The summed E-state index contributed by atoms with van der Waals surface area (Å²) < 4.78 is 8.64. The molecule has 8 heteroatoms. The normalized spacial score (nSPS) is 11.3. The number of rotatable bonds is 9. The molecule has 0 saturated carbocycles. The van der Waals surface area contributed by atoms with E-state index in [-0.39, 0.29) is 24.3 Å². The molecule has 0 N–H and O–H groups in total. The Balaban J connectivity index is 2.00. The van der Waals surface area contributed by atoms with Crippen molar-refractivity contribution in [3.63, 3.8) is 0 Å². The first-order chi connectivity index (χ1) is 16.5. The summed E-state index contributed by atoms with van der Waals surface area (Å²) in [4.78, 5) is 27.0. The number of aromatic nitrogens is 3. The number of carbonyl (C=O) groups excluding carboxylic acids is 1. The maximum atomic E-state index is 13.7. The number of Topliss-reactive ketones (excluding diaryl/α,β-unsaturated/α-hetero) is 1. The number of halogens is 1. The van der Waals surface area contributed by atoms with Crippen molar-refractivity contribution < 1.29 is 9.53 Å². The van der Waals surface area contributed by atoms with Crippen molar-refractivity contribution in [2.75, 3.05) is 20.0 Å². The summed E-state index contributed by atoms with van der Waals surface area (Å²) in [5.41, 5.74) is 2.43. The lowest BCUT2D eigenvalue weighted by molar-refractivity contribution is 0.0979. The highest BCUT2D eigenvalue weighted by Gasteiger charge is 2.23. The standard InChI is InChI=1S/C26H26ClN3O3S/c1-4-22(31)25-24(17-8-6-5-7-9-17)21-14-18(27)10-11-20(21)26(32)29(25)16-19-15-23(34-3)30(28-19)12-13-33-2/h5-11,14-15H,4,12-13,16H2,1-3H3. The average Bonchev–Trinajstić information content (AvgIpc) is 3.25. The predicted octanol–water partition coefficient (Wildman–Crippen LogP) is 5.53. The number of benzene rings is 2. The third-order valence-corrected chi connectivity index (χ3v) is 6.69. The van der Waals surface area contributed by atoms with E-state index in [0.717, 1.165) is 10.6 Å². The molecule has 0 saturated heterocycles. The molecule has 0 aliphatic rings. The monoisotopic (exact) mass is 495 g/mol. The molecule has 4 rings (SSSR count). The first kappa shape index (κ1) is 24.3. The molecule has 6 nitrogen and oxygen atoms in total. The largest absolute Gasteiger partial charge is 0.383 e. The number of pyridine rings is 1. The fourth-order valence-electron chi connectivity index (χ4n) is 4.12. The van der Waals surface area contributed by atoms with Gasteiger partial charge in [0, 0.05) is 29.5 Å². The van der Waals surface area contributed by atoms with Crippen molar-refractivity contribution in [2.24, 2.45) is 0 Å². The van der Waals surface area contributed by atoms with Gasteiger partial charge in [-0.25, -0.2) is 0 Å². The van der Waals surface area contributed by atoms with Crippen LogP contribution in [0.15, 0.2) is 64.4 Å². The summed E-state index contributed by atoms with van der Waals surface area (Å²) in [5.74, 6) is -0.110. The van der Waals surface area contributed by atoms with Crippen LogP contribution in [0.5, 0.6) is 0 Å². The second kappa shape index (κ2) is 10.6. The number of ketones is 1. The zero-order chi connectivity index (χ0) is 24.2. The van der Waals surface area contributed by atoms with Crippen LogP contribution in [0.25, 0.3) is 21.9 Å². The minimum absolute atomic E-state index is 0.110.